The number of nitriles is 1. The Morgan fingerprint density at radius 2 is 1.92 bits per heavy atom. The lowest BCUT2D eigenvalue weighted by atomic mass is 9.88. The number of aliphatic hydroxyl groups excluding tert-OH is 1. The minimum absolute atomic E-state index is 0.00613. The Hall–Kier alpha value is -1.85. The Morgan fingerprint density at radius 3 is 2.58 bits per heavy atom. The quantitative estimate of drug-likeness (QED) is 0.423. The highest BCUT2D eigenvalue weighted by Crippen LogP contribution is 2.44. The minimum atomic E-state index is -1.15. The van der Waals surface area contributed by atoms with Crippen LogP contribution in [-0.4, -0.2) is 133 Å². The van der Waals surface area contributed by atoms with Crippen molar-refractivity contribution in [2.24, 2.45) is 0 Å². The topological polar surface area (TPSA) is 137 Å². The van der Waals surface area contributed by atoms with Crippen molar-refractivity contribution in [1.82, 2.24) is 20.0 Å². The van der Waals surface area contributed by atoms with Crippen LogP contribution >= 0.6 is 0 Å². The fraction of sp³-hybridized carbons (Fsp3) is 0.885. The van der Waals surface area contributed by atoms with E-state index in [0.29, 0.717) is 13.1 Å². The lowest BCUT2D eigenvalue weighted by molar-refractivity contribution is -0.301. The molecule has 0 aromatic rings. The van der Waals surface area contributed by atoms with Gasteiger partial charge in [0.1, 0.15) is 31.0 Å². The molecule has 0 spiro atoms. The van der Waals surface area contributed by atoms with Gasteiger partial charge in [-0.3, -0.25) is 14.5 Å². The molecule has 5 atom stereocenters. The van der Waals surface area contributed by atoms with Gasteiger partial charge in [-0.25, -0.2) is 0 Å². The van der Waals surface area contributed by atoms with Gasteiger partial charge >= 0.3 is 0 Å². The fourth-order valence-corrected chi connectivity index (χ4v) is 5.79. The molecular formula is C26H43N5O7. The molecule has 0 radical (unpaired) electrons. The second-order valence-corrected chi connectivity index (χ2v) is 11.9. The number of amides is 2. The van der Waals surface area contributed by atoms with Gasteiger partial charge in [-0.05, 0) is 46.5 Å². The van der Waals surface area contributed by atoms with Gasteiger partial charge in [-0.2, -0.15) is 5.26 Å². The summed E-state index contributed by atoms with van der Waals surface area (Å²) in [6.07, 6.45) is 0.798. The zero-order valence-corrected chi connectivity index (χ0v) is 23.3. The lowest BCUT2D eigenvalue weighted by Crippen LogP contribution is -2.65. The number of carbonyl (C=O) groups is 2. The van der Waals surface area contributed by atoms with Crippen LogP contribution in [0.15, 0.2) is 0 Å². The van der Waals surface area contributed by atoms with Gasteiger partial charge in [0.25, 0.3) is 0 Å². The zero-order chi connectivity index (χ0) is 27.7. The molecule has 4 heterocycles. The highest BCUT2D eigenvalue weighted by molar-refractivity contribution is 5.79. The number of hydrogen-bond acceptors (Lipinski definition) is 10. The summed E-state index contributed by atoms with van der Waals surface area (Å²) >= 11 is 0. The van der Waals surface area contributed by atoms with Crippen molar-refractivity contribution in [3.63, 3.8) is 0 Å². The van der Waals surface area contributed by atoms with E-state index in [2.05, 4.69) is 23.2 Å². The molecule has 2 N–H and O–H groups in total. The predicted octanol–water partition coefficient (Wildman–Crippen LogP) is -0.343. The van der Waals surface area contributed by atoms with Gasteiger partial charge < -0.3 is 39.2 Å². The van der Waals surface area contributed by atoms with Crippen molar-refractivity contribution in [3.05, 3.63) is 0 Å². The van der Waals surface area contributed by atoms with Crippen LogP contribution in [0, 0.1) is 11.3 Å². The normalized spacial score (nSPS) is 34.5. The third kappa shape index (κ3) is 6.31. The molecule has 4 fully saturated rings. The van der Waals surface area contributed by atoms with E-state index in [9.17, 15) is 20.0 Å². The number of likely N-dealkylation sites (N-methyl/N-ethyl adjacent to an activating group) is 1. The van der Waals surface area contributed by atoms with Gasteiger partial charge in [0.2, 0.25) is 17.6 Å². The molecule has 0 aromatic heterocycles. The van der Waals surface area contributed by atoms with Crippen LogP contribution in [-0.2, 0) is 28.5 Å². The van der Waals surface area contributed by atoms with E-state index in [1.54, 1.807) is 32.8 Å². The Bertz CT molecular complexity index is 916. The smallest absolute Gasteiger partial charge is 0.248 e. The predicted molar refractivity (Wildman–Crippen MR) is 136 cm³/mol. The zero-order valence-electron chi connectivity index (χ0n) is 23.3. The molecule has 2 amide bonds. The number of aliphatic hydroxyl groups is 1. The molecule has 0 unspecified atom stereocenters. The summed E-state index contributed by atoms with van der Waals surface area (Å²) in [7, 11) is 3.30. The molecule has 4 aliphatic rings. The van der Waals surface area contributed by atoms with Crippen LogP contribution in [0.5, 0.6) is 0 Å². The molecule has 38 heavy (non-hydrogen) atoms. The minimum Gasteiger partial charge on any atom is -0.388 e. The number of likely N-dealkylation sites (tertiary alicyclic amines) is 2. The molecule has 0 saturated carbocycles. The summed E-state index contributed by atoms with van der Waals surface area (Å²) in [6, 6.07) is 1.91. The van der Waals surface area contributed by atoms with E-state index in [4.69, 9.17) is 18.9 Å². The molecule has 0 bridgehead atoms. The van der Waals surface area contributed by atoms with E-state index >= 15 is 0 Å². The standard InChI is InChI=1S/C26H43N5O7/c1-24(2)37-23-22(35-16-21(34)29(4)5)19(32)15-36-26(23,38-24)17-30-11-8-25(3,9-12-30)28-14-20(33)31-10-6-7-18(31)13-27/h18-19,22-23,28,32H,6-12,14-17H2,1-5H3/t18-,19+,22+,23-,26-/m0/s1. The molecule has 4 saturated heterocycles. The highest BCUT2D eigenvalue weighted by atomic mass is 16.8. The molecule has 0 aromatic carbocycles. The fourth-order valence-electron chi connectivity index (χ4n) is 5.79. The first-order valence-corrected chi connectivity index (χ1v) is 13.6. The van der Waals surface area contributed by atoms with Gasteiger partial charge in [0.15, 0.2) is 5.79 Å². The largest absolute Gasteiger partial charge is 0.388 e. The maximum Gasteiger partial charge on any atom is 0.248 e. The number of carbonyl (C=O) groups excluding carboxylic acids is 2. The number of fused-ring (bicyclic) bond motifs is 1. The number of rotatable bonds is 8. The molecule has 12 heteroatoms. The van der Waals surface area contributed by atoms with Crippen molar-refractivity contribution >= 4 is 11.8 Å². The second-order valence-electron chi connectivity index (χ2n) is 11.9. The Morgan fingerprint density at radius 1 is 1.21 bits per heavy atom. The average Bonchev–Trinajstić information content (AvgIpc) is 3.45. The third-order valence-electron chi connectivity index (χ3n) is 8.13. The van der Waals surface area contributed by atoms with E-state index in [-0.39, 0.29) is 43.2 Å². The Balaban J connectivity index is 1.35. The van der Waals surface area contributed by atoms with Gasteiger partial charge in [-0.15, -0.1) is 0 Å². The number of nitrogens with one attached hydrogen (secondary N) is 1. The molecular weight excluding hydrogens is 494 g/mol. The molecule has 4 aliphatic heterocycles. The first-order valence-electron chi connectivity index (χ1n) is 13.6. The van der Waals surface area contributed by atoms with Crippen LogP contribution in [0.1, 0.15) is 46.5 Å². The van der Waals surface area contributed by atoms with Crippen LogP contribution < -0.4 is 5.32 Å². The Labute approximate surface area is 225 Å². The maximum atomic E-state index is 12.7. The lowest BCUT2D eigenvalue weighted by Gasteiger charge is -2.47. The van der Waals surface area contributed by atoms with Crippen molar-refractivity contribution in [1.29, 1.82) is 5.26 Å². The summed E-state index contributed by atoms with van der Waals surface area (Å²) in [5.74, 6) is -2.33. The van der Waals surface area contributed by atoms with Crippen molar-refractivity contribution in [2.45, 2.75) is 87.9 Å². The van der Waals surface area contributed by atoms with E-state index in [0.717, 1.165) is 38.8 Å². The van der Waals surface area contributed by atoms with Crippen molar-refractivity contribution in [3.8, 4) is 6.07 Å². The summed E-state index contributed by atoms with van der Waals surface area (Å²) < 4.78 is 24.5. The van der Waals surface area contributed by atoms with Gasteiger partial charge in [0.05, 0.1) is 25.8 Å². The summed E-state index contributed by atoms with van der Waals surface area (Å²) in [5, 5.41) is 23.4. The summed E-state index contributed by atoms with van der Waals surface area (Å²) in [5.41, 5.74) is -0.209. The first kappa shape index (κ1) is 29.1. The van der Waals surface area contributed by atoms with Crippen LogP contribution in [0.4, 0.5) is 0 Å². The molecule has 0 aliphatic carbocycles. The van der Waals surface area contributed by atoms with E-state index in [1.165, 1.54) is 4.90 Å². The second kappa shape index (κ2) is 11.3. The Kier molecular flexibility index (Phi) is 8.69. The molecule has 214 valence electrons. The van der Waals surface area contributed by atoms with Crippen LogP contribution in [0.2, 0.25) is 0 Å². The number of nitrogens with zero attached hydrogens (tertiary/aromatic N) is 4. The van der Waals surface area contributed by atoms with E-state index < -0.39 is 29.9 Å². The van der Waals surface area contributed by atoms with Crippen molar-refractivity contribution in [2.75, 3.05) is 60.0 Å². The number of piperidine rings is 1. The number of hydrogen-bond donors (Lipinski definition) is 2. The third-order valence-corrected chi connectivity index (χ3v) is 8.13. The first-order chi connectivity index (χ1) is 17.9. The summed E-state index contributed by atoms with van der Waals surface area (Å²) in [4.78, 5) is 30.2. The SMILES string of the molecule is CN(C)C(=O)CO[C@@H]1[C@H](O)CO[C@@]2(CN3CCC(C)(NCC(=O)N4CCC[C@H]4C#N)CC3)OC(C)(C)O[C@@H]12. The average molecular weight is 538 g/mol. The van der Waals surface area contributed by atoms with Crippen LogP contribution in [0.3, 0.4) is 0 Å². The highest BCUT2D eigenvalue weighted by Gasteiger charge is 2.62. The monoisotopic (exact) mass is 537 g/mol. The summed E-state index contributed by atoms with van der Waals surface area (Å²) in [6.45, 7) is 8.34. The maximum absolute atomic E-state index is 12.7. The molecule has 12 nitrogen and oxygen atoms in total. The van der Waals surface area contributed by atoms with Crippen LogP contribution in [0.25, 0.3) is 0 Å². The van der Waals surface area contributed by atoms with Gasteiger partial charge in [0, 0.05) is 39.3 Å². The van der Waals surface area contributed by atoms with E-state index in [1.807, 2.05) is 0 Å². The van der Waals surface area contributed by atoms with Gasteiger partial charge in [-0.1, -0.05) is 0 Å². The molecule has 4 rings (SSSR count). The number of ether oxygens (including phenoxy) is 4. The van der Waals surface area contributed by atoms with Crippen molar-refractivity contribution < 1.29 is 33.6 Å².